The summed E-state index contributed by atoms with van der Waals surface area (Å²) in [6.07, 6.45) is 0. The molecule has 0 aromatic carbocycles. The van der Waals surface area contributed by atoms with Crippen molar-refractivity contribution in [3.05, 3.63) is 0 Å². The molecule has 0 atom stereocenters. The summed E-state index contributed by atoms with van der Waals surface area (Å²) in [5, 5.41) is 0. The Bertz CT molecular complexity index is 21.0. The molecular weight excluding hydrogens is 43.2 g/mol. The summed E-state index contributed by atoms with van der Waals surface area (Å²) in [6, 6.07) is 0. The van der Waals surface area contributed by atoms with E-state index in [4.69, 9.17) is 0 Å². The molecule has 0 N–H and O–H groups in total. The van der Waals surface area contributed by atoms with E-state index >= 15 is 0 Å². The second-order valence-corrected chi connectivity index (χ2v) is 0.471. The van der Waals surface area contributed by atoms with Gasteiger partial charge in [-0.05, 0) is 0 Å². The van der Waals surface area contributed by atoms with Crippen LogP contribution in [0.15, 0.2) is 0 Å². The van der Waals surface area contributed by atoms with E-state index < -0.39 is 0 Å². The molecule has 0 rings (SSSR count). The van der Waals surface area contributed by atoms with E-state index in [1.54, 1.807) is 13.4 Å². The van der Waals surface area contributed by atoms with Crippen LogP contribution in [0.3, 0.4) is 0 Å². The quantitative estimate of drug-likeness (QED) is 0.297. The molecule has 0 aliphatic heterocycles. The Morgan fingerprint density at radius 3 is 1.25 bits per heavy atom. The average molecular weight is 45.3 g/mol. The Morgan fingerprint density at radius 1 is 1.00 bits per heavy atom. The number of rotatable bonds is 1. The zero-order valence-electron chi connectivity index (χ0n) is 2.57. The van der Waals surface area contributed by atoms with E-state index in [1.807, 2.05) is 0 Å². The molecule has 0 saturated heterocycles. The monoisotopic (exact) mass is 46.1 g/mol. The topological polar surface area (TPSA) is 0 Å². The maximum absolute atomic E-state index is 3.36. The molecule has 0 aliphatic carbocycles. The Hall–Kier alpha value is 0.260. The van der Waals surface area contributed by atoms with Crippen molar-refractivity contribution in [2.75, 3.05) is 0 Å². The van der Waals surface area contributed by atoms with E-state index in [-0.39, 0.29) is 0 Å². The molecule has 0 aromatic rings. The van der Waals surface area contributed by atoms with Crippen LogP contribution < -0.4 is 0 Å². The molecule has 0 aromatic heterocycles. The predicted octanol–water partition coefficient (Wildman–Crippen LogP) is -2.06. The Labute approximate surface area is 29.1 Å². The van der Waals surface area contributed by atoms with Gasteiger partial charge in [-0.3, -0.25) is 0 Å². The first-order valence-corrected chi connectivity index (χ1v) is 1.15. The van der Waals surface area contributed by atoms with Gasteiger partial charge in [-0.25, -0.2) is 0 Å². The first-order valence-electron chi connectivity index (χ1n) is 1.15. The van der Waals surface area contributed by atoms with Gasteiger partial charge in [0.15, 0.2) is 0 Å². The zero-order chi connectivity index (χ0) is 3.41. The summed E-state index contributed by atoms with van der Waals surface area (Å²) in [4.78, 5) is 0. The molecular formula is H2B4. The summed E-state index contributed by atoms with van der Waals surface area (Å²) >= 11 is 0. The molecule has 0 saturated carbocycles. The summed E-state index contributed by atoms with van der Waals surface area (Å²) < 4.78 is 0. The predicted molar refractivity (Wildman–Crippen MR) is 25.8 cm³/mol. The van der Waals surface area contributed by atoms with Gasteiger partial charge in [0.05, 0.1) is 0 Å². The van der Waals surface area contributed by atoms with Crippen molar-refractivity contribution in [2.45, 2.75) is 0 Å². The Balaban J connectivity index is 2.73. The zero-order valence-corrected chi connectivity index (χ0v) is 2.57. The number of hydrogen-bond donors (Lipinski definition) is 0. The van der Waals surface area contributed by atoms with E-state index in [2.05, 4.69) is 14.7 Å². The van der Waals surface area contributed by atoms with Gasteiger partial charge in [0.25, 0.3) is 0 Å². The van der Waals surface area contributed by atoms with Gasteiger partial charge in [-0.2, -0.15) is 0 Å². The van der Waals surface area contributed by atoms with Crippen LogP contribution in [-0.2, 0) is 0 Å². The SMILES string of the molecule is B=BB=B. The molecule has 14 valence electrons. The maximum atomic E-state index is 3.36. The van der Waals surface area contributed by atoms with Crippen molar-refractivity contribution in [1.82, 2.24) is 0 Å². The van der Waals surface area contributed by atoms with Crippen LogP contribution in [0.2, 0.25) is 0 Å². The van der Waals surface area contributed by atoms with Gasteiger partial charge in [0.1, 0.15) is 0 Å². The first kappa shape index (κ1) is 4.26. The fraction of sp³-hybridized carbons (Fsp3) is 0. The third-order valence-corrected chi connectivity index (χ3v) is 0.167. The van der Waals surface area contributed by atoms with Crippen molar-refractivity contribution in [3.63, 3.8) is 0 Å². The van der Waals surface area contributed by atoms with Crippen molar-refractivity contribution >= 4 is 28.1 Å². The minimum atomic E-state index is 1.64. The standard InChI is InChI=1S/B4H2/c1-3-4-2/h1-2H. The molecule has 4 heteroatoms. The Morgan fingerprint density at radius 2 is 1.25 bits per heavy atom. The minimum absolute atomic E-state index is 1.64. The van der Waals surface area contributed by atoms with Gasteiger partial charge >= 0.3 is 28.1 Å². The molecule has 0 amide bonds. The normalized spacial score (nSPS) is 2.50. The van der Waals surface area contributed by atoms with Crippen LogP contribution in [0.4, 0.5) is 0 Å². The fourth-order valence-corrected chi connectivity index (χ4v) is 0. The van der Waals surface area contributed by atoms with E-state index in [9.17, 15) is 0 Å². The van der Waals surface area contributed by atoms with Crippen molar-refractivity contribution in [3.8, 4) is 0 Å². The van der Waals surface area contributed by atoms with Gasteiger partial charge < -0.3 is 0 Å². The fourth-order valence-electron chi connectivity index (χ4n) is 0. The molecule has 0 bridgehead atoms. The second-order valence-electron chi connectivity index (χ2n) is 0.471. The third-order valence-electron chi connectivity index (χ3n) is 0.167. The molecule has 0 radical (unpaired) electrons. The molecule has 0 nitrogen and oxygen atoms in total. The van der Waals surface area contributed by atoms with Gasteiger partial charge in [0.2, 0.25) is 0 Å². The molecule has 0 spiro atoms. The van der Waals surface area contributed by atoms with Crippen LogP contribution in [0.1, 0.15) is 0 Å². The van der Waals surface area contributed by atoms with Crippen molar-refractivity contribution in [1.29, 1.82) is 0 Å². The third kappa shape index (κ3) is 2.26. The van der Waals surface area contributed by atoms with Crippen molar-refractivity contribution < 1.29 is 0 Å². The molecule has 0 fully saturated rings. The number of hydrogen-bond acceptors (Lipinski definition) is 0. The first-order chi connectivity index (χ1) is 1.91. The van der Waals surface area contributed by atoms with Crippen molar-refractivity contribution in [2.24, 2.45) is 0 Å². The summed E-state index contributed by atoms with van der Waals surface area (Å²) in [6.45, 7) is 3.28. The Kier molecular flexibility index (Phi) is 3.47. The molecule has 0 aliphatic rings. The van der Waals surface area contributed by atoms with Crippen LogP contribution in [0.5, 0.6) is 0 Å². The van der Waals surface area contributed by atoms with E-state index in [0.717, 1.165) is 0 Å². The molecule has 0 unspecified atom stereocenters. The molecule has 0 heterocycles. The van der Waals surface area contributed by atoms with E-state index in [1.165, 1.54) is 0 Å². The van der Waals surface area contributed by atoms with Gasteiger partial charge in [0, 0.05) is 0 Å². The summed E-state index contributed by atoms with van der Waals surface area (Å²) in [7, 11) is 6.72. The van der Waals surface area contributed by atoms with Gasteiger partial charge in [-0.1, -0.05) is 0 Å². The van der Waals surface area contributed by atoms with Crippen LogP contribution in [-0.4, -0.2) is 28.1 Å². The van der Waals surface area contributed by atoms with Gasteiger partial charge in [-0.15, -0.1) is 0 Å². The summed E-state index contributed by atoms with van der Waals surface area (Å²) in [5.74, 6) is 0. The molecule has 4 heavy (non-hydrogen) atoms. The van der Waals surface area contributed by atoms with E-state index in [0.29, 0.717) is 0 Å². The van der Waals surface area contributed by atoms with Crippen LogP contribution in [0, 0.1) is 0 Å². The van der Waals surface area contributed by atoms with Crippen LogP contribution >= 0.6 is 0 Å². The average Bonchev–Trinajstić information content (AvgIpc) is 1.37. The van der Waals surface area contributed by atoms with Crippen LogP contribution in [0.25, 0.3) is 0 Å². The second kappa shape index (κ2) is 3.26. The summed E-state index contributed by atoms with van der Waals surface area (Å²) in [5.41, 5.74) is 0.